The number of ether oxygens (including phenoxy) is 1. The number of carbonyl (C=O) groups excluding carboxylic acids is 3. The molecule has 0 saturated heterocycles. The Morgan fingerprint density at radius 1 is 1.03 bits per heavy atom. The molecular formula is C22H27FN2O4. The van der Waals surface area contributed by atoms with Gasteiger partial charge in [-0.1, -0.05) is 12.1 Å². The minimum absolute atomic E-state index is 0.00504. The van der Waals surface area contributed by atoms with Crippen molar-refractivity contribution in [3.05, 3.63) is 30.1 Å². The largest absolute Gasteiger partial charge is 0.456 e. The van der Waals surface area contributed by atoms with Crippen molar-refractivity contribution in [2.75, 3.05) is 18.5 Å². The minimum atomic E-state index is -0.610. The molecular weight excluding hydrogens is 375 g/mol. The van der Waals surface area contributed by atoms with E-state index in [1.54, 1.807) is 6.07 Å². The Balaban J connectivity index is 1.17. The normalized spacial score (nSPS) is 29.3. The highest BCUT2D eigenvalue weighted by Gasteiger charge is 2.54. The molecule has 4 saturated carbocycles. The highest BCUT2D eigenvalue weighted by molar-refractivity contribution is 5.92. The molecule has 4 aliphatic carbocycles. The second-order valence-electron chi connectivity index (χ2n) is 8.89. The van der Waals surface area contributed by atoms with Gasteiger partial charge in [-0.3, -0.25) is 14.4 Å². The van der Waals surface area contributed by atoms with Crippen LogP contribution < -0.4 is 10.6 Å². The van der Waals surface area contributed by atoms with Gasteiger partial charge in [0.2, 0.25) is 5.91 Å². The van der Waals surface area contributed by atoms with Gasteiger partial charge in [-0.15, -0.1) is 0 Å². The molecule has 1 aromatic carbocycles. The molecule has 29 heavy (non-hydrogen) atoms. The van der Waals surface area contributed by atoms with Crippen LogP contribution in [0.25, 0.3) is 0 Å². The highest BCUT2D eigenvalue weighted by Crippen LogP contribution is 2.60. The number of hydrogen-bond acceptors (Lipinski definition) is 4. The first-order valence-corrected chi connectivity index (χ1v) is 10.4. The molecule has 1 aromatic rings. The molecule has 0 spiro atoms. The molecule has 4 aliphatic rings. The number of anilines is 1. The Hall–Kier alpha value is -2.44. The predicted molar refractivity (Wildman–Crippen MR) is 104 cm³/mol. The number of rotatable bonds is 7. The number of esters is 1. The number of carbonyl (C=O) groups is 3. The molecule has 0 radical (unpaired) electrons. The molecule has 0 atom stereocenters. The summed E-state index contributed by atoms with van der Waals surface area (Å²) in [5.41, 5.74) is -0.199. The van der Waals surface area contributed by atoms with E-state index in [1.807, 2.05) is 0 Å². The molecule has 7 heteroatoms. The predicted octanol–water partition coefficient (Wildman–Crippen LogP) is 3.03. The molecule has 4 fully saturated rings. The summed E-state index contributed by atoms with van der Waals surface area (Å²) in [5.74, 6) is 0.390. The van der Waals surface area contributed by atoms with Gasteiger partial charge >= 0.3 is 5.97 Å². The molecule has 2 amide bonds. The average molecular weight is 402 g/mol. The number of hydrogen-bond donors (Lipinski definition) is 2. The first-order valence-electron chi connectivity index (χ1n) is 10.4. The fourth-order valence-electron chi connectivity index (χ4n) is 5.82. The van der Waals surface area contributed by atoms with Gasteiger partial charge in [-0.2, -0.15) is 0 Å². The van der Waals surface area contributed by atoms with Crippen molar-refractivity contribution in [2.45, 2.75) is 44.9 Å². The van der Waals surface area contributed by atoms with Crippen molar-refractivity contribution >= 4 is 23.5 Å². The van der Waals surface area contributed by atoms with Crippen LogP contribution in [-0.2, 0) is 19.1 Å². The lowest BCUT2D eigenvalue weighted by molar-refractivity contribution is -0.148. The van der Waals surface area contributed by atoms with E-state index in [2.05, 4.69) is 10.6 Å². The van der Waals surface area contributed by atoms with E-state index in [9.17, 15) is 18.8 Å². The summed E-state index contributed by atoms with van der Waals surface area (Å²) in [6, 6.07) is 5.77. The highest BCUT2D eigenvalue weighted by atomic mass is 19.1. The summed E-state index contributed by atoms with van der Waals surface area (Å²) >= 11 is 0. The molecule has 6 nitrogen and oxygen atoms in total. The van der Waals surface area contributed by atoms with E-state index in [1.165, 1.54) is 37.5 Å². The summed E-state index contributed by atoms with van der Waals surface area (Å²) in [6.45, 7) is -0.287. The lowest BCUT2D eigenvalue weighted by atomic mass is 9.49. The zero-order valence-electron chi connectivity index (χ0n) is 16.4. The quantitative estimate of drug-likeness (QED) is 0.687. The Morgan fingerprint density at radius 2 is 1.66 bits per heavy atom. The van der Waals surface area contributed by atoms with Gasteiger partial charge < -0.3 is 15.4 Å². The molecule has 5 rings (SSSR count). The lowest BCUT2D eigenvalue weighted by Gasteiger charge is -2.55. The van der Waals surface area contributed by atoms with E-state index < -0.39 is 24.3 Å². The van der Waals surface area contributed by atoms with Crippen molar-refractivity contribution in [1.29, 1.82) is 0 Å². The van der Waals surface area contributed by atoms with E-state index in [-0.39, 0.29) is 30.0 Å². The topological polar surface area (TPSA) is 84.5 Å². The molecule has 0 aromatic heterocycles. The summed E-state index contributed by atoms with van der Waals surface area (Å²) in [7, 11) is 0. The summed E-state index contributed by atoms with van der Waals surface area (Å²) < 4.78 is 18.4. The Kier molecular flexibility index (Phi) is 5.56. The second kappa shape index (κ2) is 8.13. The number of amides is 2. The van der Waals surface area contributed by atoms with Gasteiger partial charge in [0, 0.05) is 12.0 Å². The third-order valence-electron chi connectivity index (χ3n) is 6.65. The van der Waals surface area contributed by atoms with E-state index in [0.29, 0.717) is 17.8 Å². The van der Waals surface area contributed by atoms with Crippen molar-refractivity contribution in [1.82, 2.24) is 5.32 Å². The molecule has 0 heterocycles. The van der Waals surface area contributed by atoms with E-state index >= 15 is 0 Å². The summed E-state index contributed by atoms with van der Waals surface area (Å²) in [4.78, 5) is 36.5. The van der Waals surface area contributed by atoms with Crippen LogP contribution in [0.3, 0.4) is 0 Å². The SMILES string of the molecule is O=C(COC(=O)CCNC(=O)C12CC3CC(CC(C3)C1)C2)Nc1ccccc1F. The Bertz CT molecular complexity index is 774. The van der Waals surface area contributed by atoms with Crippen LogP contribution in [0, 0.1) is 29.0 Å². The van der Waals surface area contributed by atoms with Gasteiger partial charge in [-0.05, 0) is 68.4 Å². The fourth-order valence-corrected chi connectivity index (χ4v) is 5.82. The minimum Gasteiger partial charge on any atom is -0.456 e. The molecule has 2 N–H and O–H groups in total. The van der Waals surface area contributed by atoms with E-state index in [4.69, 9.17) is 4.74 Å². The van der Waals surface area contributed by atoms with Crippen LogP contribution in [-0.4, -0.2) is 30.9 Å². The fraction of sp³-hybridized carbons (Fsp3) is 0.591. The molecule has 0 aliphatic heterocycles. The number of benzene rings is 1. The molecule has 4 bridgehead atoms. The lowest BCUT2D eigenvalue weighted by Crippen LogP contribution is -2.53. The smallest absolute Gasteiger partial charge is 0.308 e. The zero-order chi connectivity index (χ0) is 20.4. The van der Waals surface area contributed by atoms with E-state index in [0.717, 1.165) is 19.3 Å². The Morgan fingerprint density at radius 3 is 2.28 bits per heavy atom. The van der Waals surface area contributed by atoms with Crippen molar-refractivity contribution in [3.8, 4) is 0 Å². The van der Waals surface area contributed by atoms with Crippen LogP contribution in [0.4, 0.5) is 10.1 Å². The summed E-state index contributed by atoms with van der Waals surface area (Å²) in [6.07, 6.45) is 6.75. The maximum absolute atomic E-state index is 13.5. The number of halogens is 1. The Labute approximate surface area is 169 Å². The third kappa shape index (κ3) is 4.43. The van der Waals surface area contributed by atoms with Gasteiger partial charge in [0.1, 0.15) is 5.82 Å². The number of nitrogens with one attached hydrogen (secondary N) is 2. The van der Waals surface area contributed by atoms with Crippen LogP contribution in [0.5, 0.6) is 0 Å². The standard InChI is InChI=1S/C22H27FN2O4/c23-17-3-1-2-4-18(17)25-19(26)13-29-20(27)5-6-24-21(28)22-10-14-7-15(11-22)9-16(8-14)12-22/h1-4,14-16H,5-13H2,(H,24,28)(H,25,26). The van der Waals surface area contributed by atoms with Gasteiger partial charge in [0.25, 0.3) is 5.91 Å². The van der Waals surface area contributed by atoms with Gasteiger partial charge in [-0.25, -0.2) is 4.39 Å². The zero-order valence-corrected chi connectivity index (χ0v) is 16.4. The maximum Gasteiger partial charge on any atom is 0.308 e. The third-order valence-corrected chi connectivity index (χ3v) is 6.65. The van der Waals surface area contributed by atoms with Crippen molar-refractivity contribution in [3.63, 3.8) is 0 Å². The first-order chi connectivity index (χ1) is 13.9. The second-order valence-corrected chi connectivity index (χ2v) is 8.89. The van der Waals surface area contributed by atoms with Crippen LogP contribution >= 0.6 is 0 Å². The van der Waals surface area contributed by atoms with Crippen LogP contribution in [0.2, 0.25) is 0 Å². The van der Waals surface area contributed by atoms with Crippen molar-refractivity contribution in [2.24, 2.45) is 23.2 Å². The van der Waals surface area contributed by atoms with Crippen molar-refractivity contribution < 1.29 is 23.5 Å². The first kappa shape index (κ1) is 19.9. The van der Waals surface area contributed by atoms with Gasteiger partial charge in [0.05, 0.1) is 12.1 Å². The summed E-state index contributed by atoms with van der Waals surface area (Å²) in [5, 5.41) is 5.27. The maximum atomic E-state index is 13.5. The molecule has 156 valence electrons. The van der Waals surface area contributed by atoms with Crippen LogP contribution in [0.15, 0.2) is 24.3 Å². The van der Waals surface area contributed by atoms with Gasteiger partial charge in [0.15, 0.2) is 6.61 Å². The molecule has 0 unspecified atom stereocenters. The number of para-hydroxylation sites is 1. The monoisotopic (exact) mass is 402 g/mol. The van der Waals surface area contributed by atoms with Crippen LogP contribution in [0.1, 0.15) is 44.9 Å². The average Bonchev–Trinajstić information content (AvgIpc) is 2.67.